The van der Waals surface area contributed by atoms with E-state index in [9.17, 15) is 9.18 Å². The molecule has 0 atom stereocenters. The van der Waals surface area contributed by atoms with E-state index >= 15 is 0 Å². The van der Waals surface area contributed by atoms with E-state index in [1.807, 2.05) is 12.1 Å². The van der Waals surface area contributed by atoms with Crippen molar-refractivity contribution >= 4 is 21.9 Å². The normalized spacial score (nSPS) is 10.4. The molecule has 21 heavy (non-hydrogen) atoms. The predicted octanol–water partition coefficient (Wildman–Crippen LogP) is 3.69. The number of aryl methyl sites for hydroxylation is 1. The molecule has 0 aliphatic heterocycles. The summed E-state index contributed by atoms with van der Waals surface area (Å²) >= 11 is 2.93. The first-order valence-corrected chi connectivity index (χ1v) is 7.12. The van der Waals surface area contributed by atoms with E-state index in [0.717, 1.165) is 18.4 Å². The maximum atomic E-state index is 13.9. The van der Waals surface area contributed by atoms with Gasteiger partial charge in [0.2, 0.25) is 0 Å². The maximum absolute atomic E-state index is 13.9. The highest BCUT2D eigenvalue weighted by atomic mass is 79.9. The average molecular weight is 354 g/mol. The minimum absolute atomic E-state index is 0.0432. The third-order valence-electron chi connectivity index (χ3n) is 2.89. The van der Waals surface area contributed by atoms with Crippen LogP contribution in [0, 0.1) is 5.82 Å². The molecule has 0 saturated heterocycles. The summed E-state index contributed by atoms with van der Waals surface area (Å²) in [4.78, 5) is 14.8. The van der Waals surface area contributed by atoms with E-state index in [-0.39, 0.29) is 15.8 Å². The number of benzene rings is 1. The Morgan fingerprint density at radius 1 is 1.29 bits per heavy atom. The van der Waals surface area contributed by atoms with Gasteiger partial charge in [-0.05, 0) is 58.6 Å². The van der Waals surface area contributed by atoms with Crippen molar-refractivity contribution in [2.24, 2.45) is 0 Å². The smallest absolute Gasteiger partial charge is 0.336 e. The number of carboxylic acid groups (broad SMARTS) is 1. The van der Waals surface area contributed by atoms with Gasteiger partial charge in [0.1, 0.15) is 0 Å². The summed E-state index contributed by atoms with van der Waals surface area (Å²) < 4.78 is 19.2. The molecule has 0 unspecified atom stereocenters. The Morgan fingerprint density at radius 3 is 2.67 bits per heavy atom. The van der Waals surface area contributed by atoms with E-state index in [1.54, 1.807) is 12.4 Å². The van der Waals surface area contributed by atoms with Crippen molar-refractivity contribution in [1.29, 1.82) is 0 Å². The number of hydrogen-bond donors (Lipinski definition) is 1. The number of carboxylic acids is 1. The van der Waals surface area contributed by atoms with Crippen LogP contribution in [0.15, 0.2) is 41.1 Å². The molecule has 0 saturated carbocycles. The summed E-state index contributed by atoms with van der Waals surface area (Å²) in [5.41, 5.74) is 1.01. The van der Waals surface area contributed by atoms with Crippen LogP contribution in [0.3, 0.4) is 0 Å². The lowest BCUT2D eigenvalue weighted by molar-refractivity contribution is 0.0695. The van der Waals surface area contributed by atoms with Gasteiger partial charge in [-0.2, -0.15) is 0 Å². The van der Waals surface area contributed by atoms with Gasteiger partial charge in [0.25, 0.3) is 0 Å². The molecule has 1 aromatic heterocycles. The Hall–Kier alpha value is -1.95. The molecule has 1 N–H and O–H groups in total. The Kier molecular flexibility index (Phi) is 5.27. The minimum atomic E-state index is -1.19. The molecule has 0 radical (unpaired) electrons. The summed E-state index contributed by atoms with van der Waals surface area (Å²) in [5, 5.41) is 8.88. The van der Waals surface area contributed by atoms with Crippen LogP contribution in [0.2, 0.25) is 0 Å². The molecular weight excluding hydrogens is 341 g/mol. The van der Waals surface area contributed by atoms with Crippen LogP contribution < -0.4 is 4.74 Å². The van der Waals surface area contributed by atoms with E-state index < -0.39 is 11.8 Å². The Bertz CT molecular complexity index is 634. The van der Waals surface area contributed by atoms with E-state index in [1.165, 1.54) is 12.1 Å². The van der Waals surface area contributed by atoms with Gasteiger partial charge in [-0.25, -0.2) is 9.18 Å². The molecule has 2 rings (SSSR count). The van der Waals surface area contributed by atoms with Crippen LogP contribution >= 0.6 is 15.9 Å². The zero-order valence-corrected chi connectivity index (χ0v) is 12.6. The SMILES string of the molecule is O=C(O)c1ccc(OCCCc2ccncc2)c(F)c1Br. The van der Waals surface area contributed by atoms with Crippen molar-refractivity contribution in [3.8, 4) is 5.75 Å². The van der Waals surface area contributed by atoms with Crippen molar-refractivity contribution in [3.05, 3.63) is 58.1 Å². The molecule has 2 aromatic rings. The summed E-state index contributed by atoms with van der Waals surface area (Å²) in [5.74, 6) is -1.84. The van der Waals surface area contributed by atoms with Crippen LogP contribution in [0.25, 0.3) is 0 Å². The number of pyridine rings is 1. The second-order valence-electron chi connectivity index (χ2n) is 4.35. The van der Waals surface area contributed by atoms with Crippen LogP contribution in [0.5, 0.6) is 5.75 Å². The lowest BCUT2D eigenvalue weighted by atomic mass is 10.1. The molecule has 0 bridgehead atoms. The molecule has 110 valence electrons. The highest BCUT2D eigenvalue weighted by Gasteiger charge is 2.16. The fourth-order valence-electron chi connectivity index (χ4n) is 1.82. The molecule has 0 amide bonds. The lowest BCUT2D eigenvalue weighted by Crippen LogP contribution is -2.04. The van der Waals surface area contributed by atoms with Crippen molar-refractivity contribution in [1.82, 2.24) is 4.98 Å². The van der Waals surface area contributed by atoms with Crippen molar-refractivity contribution < 1.29 is 19.0 Å². The number of carbonyl (C=O) groups is 1. The monoisotopic (exact) mass is 353 g/mol. The zero-order chi connectivity index (χ0) is 15.2. The minimum Gasteiger partial charge on any atom is -0.490 e. The van der Waals surface area contributed by atoms with Crippen molar-refractivity contribution in [2.75, 3.05) is 6.61 Å². The van der Waals surface area contributed by atoms with Crippen LogP contribution in [0.1, 0.15) is 22.3 Å². The quantitative estimate of drug-likeness (QED) is 0.804. The van der Waals surface area contributed by atoms with E-state index in [0.29, 0.717) is 6.61 Å². The third kappa shape index (κ3) is 4.01. The number of nitrogens with zero attached hydrogens (tertiary/aromatic N) is 1. The maximum Gasteiger partial charge on any atom is 0.336 e. The predicted molar refractivity (Wildman–Crippen MR) is 79.1 cm³/mol. The van der Waals surface area contributed by atoms with Gasteiger partial charge < -0.3 is 9.84 Å². The van der Waals surface area contributed by atoms with Gasteiger partial charge in [-0.1, -0.05) is 0 Å². The van der Waals surface area contributed by atoms with Crippen LogP contribution in [0.4, 0.5) is 4.39 Å². The number of aromatic nitrogens is 1. The number of aromatic carboxylic acids is 1. The molecule has 1 heterocycles. The molecule has 1 aromatic carbocycles. The zero-order valence-electron chi connectivity index (χ0n) is 11.1. The van der Waals surface area contributed by atoms with Crippen LogP contribution in [-0.2, 0) is 6.42 Å². The van der Waals surface area contributed by atoms with Crippen LogP contribution in [-0.4, -0.2) is 22.7 Å². The highest BCUT2D eigenvalue weighted by Crippen LogP contribution is 2.28. The number of hydrogen-bond acceptors (Lipinski definition) is 3. The Balaban J connectivity index is 1.92. The molecule has 0 spiro atoms. The second-order valence-corrected chi connectivity index (χ2v) is 5.14. The van der Waals surface area contributed by atoms with Crippen molar-refractivity contribution in [3.63, 3.8) is 0 Å². The largest absolute Gasteiger partial charge is 0.490 e. The highest BCUT2D eigenvalue weighted by molar-refractivity contribution is 9.10. The van der Waals surface area contributed by atoms with Gasteiger partial charge in [0, 0.05) is 12.4 Å². The number of halogens is 2. The van der Waals surface area contributed by atoms with E-state index in [2.05, 4.69) is 20.9 Å². The van der Waals surface area contributed by atoms with E-state index in [4.69, 9.17) is 9.84 Å². The number of ether oxygens (including phenoxy) is 1. The number of rotatable bonds is 6. The Morgan fingerprint density at radius 2 is 2.00 bits per heavy atom. The Labute approximate surface area is 129 Å². The molecule has 6 heteroatoms. The van der Waals surface area contributed by atoms with Gasteiger partial charge in [-0.15, -0.1) is 0 Å². The first-order chi connectivity index (χ1) is 10.1. The molecule has 4 nitrogen and oxygen atoms in total. The third-order valence-corrected chi connectivity index (χ3v) is 3.67. The molecular formula is C15H13BrFNO3. The molecule has 0 fully saturated rings. The topological polar surface area (TPSA) is 59.4 Å². The van der Waals surface area contributed by atoms with Gasteiger partial charge in [-0.3, -0.25) is 4.98 Å². The lowest BCUT2D eigenvalue weighted by Gasteiger charge is -2.09. The average Bonchev–Trinajstić information content (AvgIpc) is 2.48. The fourth-order valence-corrected chi connectivity index (χ4v) is 2.31. The summed E-state index contributed by atoms with van der Waals surface area (Å²) in [6, 6.07) is 6.47. The first kappa shape index (κ1) is 15.4. The standard InChI is InChI=1S/C15H13BrFNO3/c16-13-11(15(19)20)3-4-12(14(13)17)21-9-1-2-10-5-7-18-8-6-10/h3-8H,1-2,9H2,(H,19,20). The van der Waals surface area contributed by atoms with Gasteiger partial charge in [0.15, 0.2) is 11.6 Å². The summed E-state index contributed by atoms with van der Waals surface area (Å²) in [7, 11) is 0. The second kappa shape index (κ2) is 7.17. The molecule has 0 aliphatic rings. The fraction of sp³-hybridized carbons (Fsp3) is 0.200. The van der Waals surface area contributed by atoms with Gasteiger partial charge in [0.05, 0.1) is 16.6 Å². The first-order valence-electron chi connectivity index (χ1n) is 6.32. The molecule has 0 aliphatic carbocycles. The summed E-state index contributed by atoms with van der Waals surface area (Å²) in [6.07, 6.45) is 4.97. The summed E-state index contributed by atoms with van der Waals surface area (Å²) in [6.45, 7) is 0.345. The van der Waals surface area contributed by atoms with Crippen molar-refractivity contribution in [2.45, 2.75) is 12.8 Å². The van der Waals surface area contributed by atoms with Gasteiger partial charge >= 0.3 is 5.97 Å².